The normalized spacial score (nSPS) is 15.3. The highest BCUT2D eigenvalue weighted by Gasteiger charge is 2.01. The zero-order valence-corrected chi connectivity index (χ0v) is 6.77. The summed E-state index contributed by atoms with van der Waals surface area (Å²) in [6, 6.07) is 10.6. The first-order valence-electron chi connectivity index (χ1n) is 4.12. The minimum atomic E-state index is 0.368. The molecule has 1 aliphatic rings. The third kappa shape index (κ3) is 1.56. The Morgan fingerprint density at radius 1 is 0.917 bits per heavy atom. The van der Waals surface area contributed by atoms with Crippen molar-refractivity contribution in [3.8, 4) is 0 Å². The number of anilines is 1. The van der Waals surface area contributed by atoms with Crippen LogP contribution in [0.5, 0.6) is 0 Å². The summed E-state index contributed by atoms with van der Waals surface area (Å²) in [5.74, 6) is 0. The Bertz CT molecular complexity index is 286. The van der Waals surface area contributed by atoms with Crippen molar-refractivity contribution in [3.05, 3.63) is 54.6 Å². The molecule has 12 heavy (non-hydrogen) atoms. The lowest BCUT2D eigenvalue weighted by Gasteiger charge is -2.09. The van der Waals surface area contributed by atoms with Gasteiger partial charge in [-0.25, -0.2) is 0 Å². The van der Waals surface area contributed by atoms with E-state index in [0.29, 0.717) is 6.04 Å². The number of rotatable bonds is 2. The molecular weight excluding hydrogens is 146 g/mol. The van der Waals surface area contributed by atoms with Gasteiger partial charge in [-0.2, -0.15) is 0 Å². The Morgan fingerprint density at radius 2 is 1.58 bits per heavy atom. The van der Waals surface area contributed by atoms with Crippen LogP contribution >= 0.6 is 0 Å². The van der Waals surface area contributed by atoms with Crippen molar-refractivity contribution in [1.82, 2.24) is 0 Å². The summed E-state index contributed by atoms with van der Waals surface area (Å²) < 4.78 is 0. The number of benzene rings is 1. The maximum atomic E-state index is 3.37. The van der Waals surface area contributed by atoms with Gasteiger partial charge in [0.15, 0.2) is 0 Å². The lowest BCUT2D eigenvalue weighted by atomic mass is 10.2. The van der Waals surface area contributed by atoms with Crippen LogP contribution in [0.2, 0.25) is 0 Å². The first kappa shape index (κ1) is 7.17. The van der Waals surface area contributed by atoms with E-state index in [2.05, 4.69) is 41.8 Å². The topological polar surface area (TPSA) is 12.0 Å². The molecule has 0 saturated carbocycles. The largest absolute Gasteiger partial charge is 0.375 e. The Labute approximate surface area is 72.4 Å². The van der Waals surface area contributed by atoms with E-state index in [1.54, 1.807) is 0 Å². The number of hydrogen-bond donors (Lipinski definition) is 1. The lowest BCUT2D eigenvalue weighted by molar-refractivity contribution is 1.13. The SMILES string of the molecule is C1=CC(Nc2ccccc2)C=C1. The predicted molar refractivity (Wildman–Crippen MR) is 52.1 cm³/mol. The fraction of sp³-hybridized carbons (Fsp3) is 0.0909. The van der Waals surface area contributed by atoms with Crippen molar-refractivity contribution >= 4 is 5.69 Å². The minimum Gasteiger partial charge on any atom is -0.375 e. The summed E-state index contributed by atoms with van der Waals surface area (Å²) in [7, 11) is 0. The summed E-state index contributed by atoms with van der Waals surface area (Å²) in [5, 5.41) is 3.37. The standard InChI is InChI=1S/C11H11N/c1-2-6-10(7-3-1)12-11-8-4-5-9-11/h1-9,11-12H. The van der Waals surface area contributed by atoms with Gasteiger partial charge in [-0.15, -0.1) is 0 Å². The van der Waals surface area contributed by atoms with Gasteiger partial charge in [0.1, 0.15) is 0 Å². The van der Waals surface area contributed by atoms with E-state index in [4.69, 9.17) is 0 Å². The summed E-state index contributed by atoms with van der Waals surface area (Å²) in [6.45, 7) is 0. The second kappa shape index (κ2) is 3.26. The molecule has 0 heterocycles. The lowest BCUT2D eigenvalue weighted by Crippen LogP contribution is -2.11. The number of allylic oxidation sites excluding steroid dienone is 2. The van der Waals surface area contributed by atoms with E-state index in [9.17, 15) is 0 Å². The van der Waals surface area contributed by atoms with E-state index in [1.165, 1.54) is 5.69 Å². The molecule has 0 aromatic heterocycles. The zero-order valence-electron chi connectivity index (χ0n) is 6.77. The van der Waals surface area contributed by atoms with Crippen molar-refractivity contribution in [2.45, 2.75) is 6.04 Å². The molecule has 1 aromatic carbocycles. The van der Waals surface area contributed by atoms with Crippen LogP contribution in [-0.4, -0.2) is 6.04 Å². The minimum absolute atomic E-state index is 0.368. The fourth-order valence-corrected chi connectivity index (χ4v) is 1.25. The highest BCUT2D eigenvalue weighted by molar-refractivity contribution is 5.47. The fourth-order valence-electron chi connectivity index (χ4n) is 1.25. The second-order valence-corrected chi connectivity index (χ2v) is 2.81. The molecular formula is C11H11N. The van der Waals surface area contributed by atoms with Crippen LogP contribution in [-0.2, 0) is 0 Å². The smallest absolute Gasteiger partial charge is 0.0634 e. The van der Waals surface area contributed by atoms with Gasteiger partial charge < -0.3 is 5.32 Å². The van der Waals surface area contributed by atoms with Gasteiger partial charge in [-0.1, -0.05) is 42.5 Å². The first-order chi connectivity index (χ1) is 5.95. The van der Waals surface area contributed by atoms with Crippen molar-refractivity contribution < 1.29 is 0 Å². The molecule has 0 unspecified atom stereocenters. The monoisotopic (exact) mass is 157 g/mol. The molecule has 1 aliphatic carbocycles. The number of para-hydroxylation sites is 1. The molecule has 0 atom stereocenters. The van der Waals surface area contributed by atoms with Crippen LogP contribution in [0.4, 0.5) is 5.69 Å². The molecule has 1 N–H and O–H groups in total. The van der Waals surface area contributed by atoms with Gasteiger partial charge in [-0.05, 0) is 12.1 Å². The average Bonchev–Trinajstić information content (AvgIpc) is 2.59. The molecule has 0 bridgehead atoms. The first-order valence-corrected chi connectivity index (χ1v) is 4.12. The number of hydrogen-bond acceptors (Lipinski definition) is 1. The van der Waals surface area contributed by atoms with Crippen LogP contribution < -0.4 is 5.32 Å². The van der Waals surface area contributed by atoms with Gasteiger partial charge in [0, 0.05) is 5.69 Å². The van der Waals surface area contributed by atoms with Crippen LogP contribution in [0.25, 0.3) is 0 Å². The van der Waals surface area contributed by atoms with Crippen molar-refractivity contribution in [2.24, 2.45) is 0 Å². The van der Waals surface area contributed by atoms with Crippen molar-refractivity contribution in [1.29, 1.82) is 0 Å². The highest BCUT2D eigenvalue weighted by Crippen LogP contribution is 2.10. The zero-order chi connectivity index (χ0) is 8.23. The molecule has 1 heteroatoms. The molecule has 0 amide bonds. The third-order valence-electron chi connectivity index (χ3n) is 1.86. The van der Waals surface area contributed by atoms with E-state index in [-0.39, 0.29) is 0 Å². The van der Waals surface area contributed by atoms with Crippen molar-refractivity contribution in [3.63, 3.8) is 0 Å². The highest BCUT2D eigenvalue weighted by atomic mass is 14.9. The number of nitrogens with one attached hydrogen (secondary N) is 1. The van der Waals surface area contributed by atoms with Crippen LogP contribution in [0, 0.1) is 0 Å². The summed E-state index contributed by atoms with van der Waals surface area (Å²) in [6.07, 6.45) is 8.38. The van der Waals surface area contributed by atoms with E-state index >= 15 is 0 Å². The van der Waals surface area contributed by atoms with Gasteiger partial charge >= 0.3 is 0 Å². The molecule has 2 rings (SSSR count). The van der Waals surface area contributed by atoms with E-state index in [1.807, 2.05) is 18.2 Å². The molecule has 0 spiro atoms. The predicted octanol–water partition coefficient (Wildman–Crippen LogP) is 2.59. The maximum Gasteiger partial charge on any atom is 0.0634 e. The summed E-state index contributed by atoms with van der Waals surface area (Å²) in [5.41, 5.74) is 1.17. The Kier molecular flexibility index (Phi) is 1.95. The van der Waals surface area contributed by atoms with Gasteiger partial charge in [0.2, 0.25) is 0 Å². The Balaban J connectivity index is 2.04. The molecule has 1 nitrogen and oxygen atoms in total. The molecule has 0 saturated heterocycles. The second-order valence-electron chi connectivity index (χ2n) is 2.81. The van der Waals surface area contributed by atoms with E-state index < -0.39 is 0 Å². The van der Waals surface area contributed by atoms with Crippen molar-refractivity contribution in [2.75, 3.05) is 5.32 Å². The average molecular weight is 157 g/mol. The third-order valence-corrected chi connectivity index (χ3v) is 1.86. The molecule has 0 radical (unpaired) electrons. The Hall–Kier alpha value is -1.50. The van der Waals surface area contributed by atoms with E-state index in [0.717, 1.165) is 0 Å². The summed E-state index contributed by atoms with van der Waals surface area (Å²) in [4.78, 5) is 0. The molecule has 1 aromatic rings. The van der Waals surface area contributed by atoms with Crippen LogP contribution in [0.15, 0.2) is 54.6 Å². The molecule has 60 valence electrons. The molecule has 0 fully saturated rings. The van der Waals surface area contributed by atoms with Crippen LogP contribution in [0.3, 0.4) is 0 Å². The van der Waals surface area contributed by atoms with Gasteiger partial charge in [0.05, 0.1) is 6.04 Å². The molecule has 0 aliphatic heterocycles. The quantitative estimate of drug-likeness (QED) is 0.695. The van der Waals surface area contributed by atoms with Crippen LogP contribution in [0.1, 0.15) is 0 Å². The van der Waals surface area contributed by atoms with Gasteiger partial charge in [-0.3, -0.25) is 0 Å². The van der Waals surface area contributed by atoms with Gasteiger partial charge in [0.25, 0.3) is 0 Å². The Morgan fingerprint density at radius 3 is 2.25 bits per heavy atom. The summed E-state index contributed by atoms with van der Waals surface area (Å²) >= 11 is 0. The maximum absolute atomic E-state index is 3.37.